The van der Waals surface area contributed by atoms with Crippen molar-refractivity contribution in [1.82, 2.24) is 19.9 Å². The minimum absolute atomic E-state index is 0.171. The van der Waals surface area contributed by atoms with E-state index >= 15 is 0 Å². The third kappa shape index (κ3) is 3.14. The molecule has 1 aliphatic rings. The van der Waals surface area contributed by atoms with Crippen molar-refractivity contribution in [3.8, 4) is 5.69 Å². The molecule has 0 bridgehead atoms. The van der Waals surface area contributed by atoms with Gasteiger partial charge >= 0.3 is 0 Å². The van der Waals surface area contributed by atoms with Crippen LogP contribution in [-0.4, -0.2) is 38.4 Å². The molecule has 1 atom stereocenters. The van der Waals surface area contributed by atoms with E-state index < -0.39 is 0 Å². The van der Waals surface area contributed by atoms with Crippen LogP contribution in [0, 0.1) is 12.8 Å². The molecule has 2 heterocycles. The second-order valence-corrected chi connectivity index (χ2v) is 6.59. The molecule has 0 N–H and O–H groups in total. The quantitative estimate of drug-likeness (QED) is 0.872. The SMILES string of the molecule is Cc1c(CC(=O)N2CCC[C@@H]2C(C)C)nnn1-c1ccccc1. The van der Waals surface area contributed by atoms with Crippen LogP contribution < -0.4 is 0 Å². The predicted molar refractivity (Wildman–Crippen MR) is 89.4 cm³/mol. The highest BCUT2D eigenvalue weighted by molar-refractivity contribution is 5.79. The zero-order valence-corrected chi connectivity index (χ0v) is 14.1. The molecular weight excluding hydrogens is 288 g/mol. The van der Waals surface area contributed by atoms with E-state index in [0.717, 1.165) is 36.5 Å². The summed E-state index contributed by atoms with van der Waals surface area (Å²) in [7, 11) is 0. The summed E-state index contributed by atoms with van der Waals surface area (Å²) in [6.07, 6.45) is 2.55. The summed E-state index contributed by atoms with van der Waals surface area (Å²) in [6.45, 7) is 7.22. The molecule has 1 saturated heterocycles. The fourth-order valence-electron chi connectivity index (χ4n) is 3.38. The number of carbonyl (C=O) groups excluding carboxylic acids is 1. The minimum atomic E-state index is 0.171. The third-order valence-electron chi connectivity index (χ3n) is 4.70. The van der Waals surface area contributed by atoms with Gasteiger partial charge < -0.3 is 4.90 Å². The fourth-order valence-corrected chi connectivity index (χ4v) is 3.38. The summed E-state index contributed by atoms with van der Waals surface area (Å²) in [6, 6.07) is 10.3. The molecule has 1 aromatic heterocycles. The average Bonchev–Trinajstić information content (AvgIpc) is 3.16. The molecule has 1 aliphatic heterocycles. The Bertz CT molecular complexity index is 678. The van der Waals surface area contributed by atoms with Crippen LogP contribution in [0.15, 0.2) is 30.3 Å². The number of carbonyl (C=O) groups is 1. The first-order chi connectivity index (χ1) is 11.1. The molecule has 122 valence electrons. The molecule has 3 rings (SSSR count). The van der Waals surface area contributed by atoms with Gasteiger partial charge in [0.05, 0.1) is 23.5 Å². The number of para-hydroxylation sites is 1. The van der Waals surface area contributed by atoms with Crippen molar-refractivity contribution in [2.24, 2.45) is 5.92 Å². The highest BCUT2D eigenvalue weighted by atomic mass is 16.2. The van der Waals surface area contributed by atoms with Crippen molar-refractivity contribution in [2.75, 3.05) is 6.54 Å². The van der Waals surface area contributed by atoms with Crippen molar-refractivity contribution in [1.29, 1.82) is 0 Å². The average molecular weight is 312 g/mol. The van der Waals surface area contributed by atoms with Crippen LogP contribution in [0.5, 0.6) is 0 Å². The molecule has 0 radical (unpaired) electrons. The molecule has 5 nitrogen and oxygen atoms in total. The van der Waals surface area contributed by atoms with Crippen molar-refractivity contribution in [3.05, 3.63) is 41.7 Å². The van der Waals surface area contributed by atoms with Gasteiger partial charge in [-0.15, -0.1) is 5.10 Å². The van der Waals surface area contributed by atoms with Crippen LogP contribution in [-0.2, 0) is 11.2 Å². The van der Waals surface area contributed by atoms with Crippen LogP contribution in [0.2, 0.25) is 0 Å². The van der Waals surface area contributed by atoms with Crippen molar-refractivity contribution in [3.63, 3.8) is 0 Å². The first kappa shape index (κ1) is 15.7. The van der Waals surface area contributed by atoms with Gasteiger partial charge in [-0.1, -0.05) is 37.3 Å². The van der Waals surface area contributed by atoms with Gasteiger partial charge in [-0.3, -0.25) is 4.79 Å². The van der Waals surface area contributed by atoms with E-state index in [1.807, 2.05) is 42.2 Å². The van der Waals surface area contributed by atoms with E-state index in [2.05, 4.69) is 24.2 Å². The first-order valence-electron chi connectivity index (χ1n) is 8.34. The molecule has 0 saturated carbocycles. The Labute approximate surface area is 137 Å². The van der Waals surface area contributed by atoms with E-state index in [9.17, 15) is 4.79 Å². The second-order valence-electron chi connectivity index (χ2n) is 6.59. The van der Waals surface area contributed by atoms with Gasteiger partial charge in [0, 0.05) is 12.6 Å². The lowest BCUT2D eigenvalue weighted by molar-refractivity contribution is -0.132. The van der Waals surface area contributed by atoms with Gasteiger partial charge in [-0.2, -0.15) is 0 Å². The van der Waals surface area contributed by atoms with Crippen LogP contribution in [0.3, 0.4) is 0 Å². The summed E-state index contributed by atoms with van der Waals surface area (Å²) in [5, 5.41) is 8.45. The number of amides is 1. The van der Waals surface area contributed by atoms with Gasteiger partial charge in [0.2, 0.25) is 5.91 Å². The number of likely N-dealkylation sites (tertiary alicyclic amines) is 1. The molecule has 1 fully saturated rings. The summed E-state index contributed by atoms with van der Waals surface area (Å²) >= 11 is 0. The molecule has 2 aromatic rings. The van der Waals surface area contributed by atoms with Crippen molar-refractivity contribution in [2.45, 2.75) is 46.1 Å². The van der Waals surface area contributed by atoms with E-state index in [0.29, 0.717) is 18.4 Å². The van der Waals surface area contributed by atoms with Crippen molar-refractivity contribution < 1.29 is 4.79 Å². The topological polar surface area (TPSA) is 51.0 Å². The summed E-state index contributed by atoms with van der Waals surface area (Å²) < 4.78 is 1.80. The lowest BCUT2D eigenvalue weighted by atomic mass is 10.0. The number of benzene rings is 1. The molecule has 0 spiro atoms. The van der Waals surface area contributed by atoms with E-state index in [1.165, 1.54) is 0 Å². The third-order valence-corrected chi connectivity index (χ3v) is 4.70. The fraction of sp³-hybridized carbons (Fsp3) is 0.500. The standard InChI is InChI=1S/C18H24N4O/c1-13(2)17-10-7-11-21(17)18(23)12-16-14(3)22(20-19-16)15-8-5-4-6-9-15/h4-6,8-9,13,17H,7,10-12H2,1-3H3/t17-/m1/s1. The highest BCUT2D eigenvalue weighted by Gasteiger charge is 2.31. The maximum atomic E-state index is 12.7. The molecule has 0 aliphatic carbocycles. The smallest absolute Gasteiger partial charge is 0.228 e. The molecule has 1 aromatic carbocycles. The first-order valence-corrected chi connectivity index (χ1v) is 8.34. The van der Waals surface area contributed by atoms with Gasteiger partial charge in [0.1, 0.15) is 0 Å². The maximum Gasteiger partial charge on any atom is 0.228 e. The lowest BCUT2D eigenvalue weighted by Gasteiger charge is -2.27. The van der Waals surface area contributed by atoms with E-state index in [4.69, 9.17) is 0 Å². The van der Waals surface area contributed by atoms with Gasteiger partial charge in [0.15, 0.2) is 0 Å². The largest absolute Gasteiger partial charge is 0.339 e. The van der Waals surface area contributed by atoms with E-state index in [1.54, 1.807) is 4.68 Å². The van der Waals surface area contributed by atoms with Crippen LogP contribution in [0.25, 0.3) is 5.69 Å². The Morgan fingerprint density at radius 1 is 1.30 bits per heavy atom. The summed E-state index contributed by atoms with van der Waals surface area (Å²) in [4.78, 5) is 14.7. The Hall–Kier alpha value is -2.17. The molecule has 0 unspecified atom stereocenters. The molecule has 23 heavy (non-hydrogen) atoms. The molecular formula is C18H24N4O. The van der Waals surface area contributed by atoms with Gasteiger partial charge in [-0.05, 0) is 37.8 Å². The zero-order valence-electron chi connectivity index (χ0n) is 14.1. The lowest BCUT2D eigenvalue weighted by Crippen LogP contribution is -2.39. The van der Waals surface area contributed by atoms with Crippen LogP contribution >= 0.6 is 0 Å². The second kappa shape index (κ2) is 6.52. The van der Waals surface area contributed by atoms with Crippen LogP contribution in [0.4, 0.5) is 0 Å². The van der Waals surface area contributed by atoms with Crippen molar-refractivity contribution >= 4 is 5.91 Å². The number of hydrogen-bond donors (Lipinski definition) is 0. The Morgan fingerprint density at radius 3 is 2.74 bits per heavy atom. The Balaban J connectivity index is 1.76. The van der Waals surface area contributed by atoms with Crippen LogP contribution in [0.1, 0.15) is 38.1 Å². The number of nitrogens with zero attached hydrogens (tertiary/aromatic N) is 4. The normalized spacial score (nSPS) is 17.9. The molecule has 1 amide bonds. The number of aromatic nitrogens is 3. The van der Waals surface area contributed by atoms with Gasteiger partial charge in [0.25, 0.3) is 0 Å². The Morgan fingerprint density at radius 2 is 2.04 bits per heavy atom. The van der Waals surface area contributed by atoms with Gasteiger partial charge in [-0.25, -0.2) is 4.68 Å². The summed E-state index contributed by atoms with van der Waals surface area (Å²) in [5.41, 5.74) is 2.68. The van der Waals surface area contributed by atoms with E-state index in [-0.39, 0.29) is 5.91 Å². The monoisotopic (exact) mass is 312 g/mol. The maximum absolute atomic E-state index is 12.7. The number of rotatable bonds is 4. The zero-order chi connectivity index (χ0) is 16.4. The summed E-state index contributed by atoms with van der Waals surface area (Å²) in [5.74, 6) is 0.673. The Kier molecular flexibility index (Phi) is 4.46. The minimum Gasteiger partial charge on any atom is -0.339 e. The highest BCUT2D eigenvalue weighted by Crippen LogP contribution is 2.24. The molecule has 5 heteroatoms. The predicted octanol–water partition coefficient (Wildman–Crippen LogP) is 2.77. The number of hydrogen-bond acceptors (Lipinski definition) is 3.